The maximum atomic E-state index is 13.3. The van der Waals surface area contributed by atoms with Crippen molar-refractivity contribution in [2.45, 2.75) is 48.5 Å². The molecule has 164 valence electrons. The van der Waals surface area contributed by atoms with Gasteiger partial charge in [0, 0.05) is 29.3 Å². The number of carbonyl (C=O) groups excluding carboxylic acids is 2. The smallest absolute Gasteiger partial charge is 0.340 e. The largest absolute Gasteiger partial charge is 0.465 e. The van der Waals surface area contributed by atoms with Gasteiger partial charge in [-0.3, -0.25) is 4.79 Å². The second-order valence-electron chi connectivity index (χ2n) is 8.77. The summed E-state index contributed by atoms with van der Waals surface area (Å²) in [6, 6.07) is 8.45. The quantitative estimate of drug-likeness (QED) is 0.503. The summed E-state index contributed by atoms with van der Waals surface area (Å²) in [6.07, 6.45) is 1.84. The molecule has 5 heteroatoms. The summed E-state index contributed by atoms with van der Waals surface area (Å²) < 4.78 is 7.21. The van der Waals surface area contributed by atoms with E-state index in [-0.39, 0.29) is 11.8 Å². The average molecular weight is 421 g/mol. The van der Waals surface area contributed by atoms with Gasteiger partial charge in [0.2, 0.25) is 0 Å². The molecule has 2 heterocycles. The molecule has 1 aromatic carbocycles. The number of carbonyl (C=O) groups is 2. The summed E-state index contributed by atoms with van der Waals surface area (Å²) in [5.41, 5.74) is 7.91. The first kappa shape index (κ1) is 22.6. The van der Waals surface area contributed by atoms with Gasteiger partial charge >= 0.3 is 5.97 Å². The van der Waals surface area contributed by atoms with Crippen molar-refractivity contribution in [2.75, 3.05) is 13.7 Å². The molecule has 5 nitrogen and oxygen atoms in total. The van der Waals surface area contributed by atoms with Crippen molar-refractivity contribution < 1.29 is 14.3 Å². The molecule has 31 heavy (non-hydrogen) atoms. The summed E-state index contributed by atoms with van der Waals surface area (Å²) >= 11 is 0. The van der Waals surface area contributed by atoms with E-state index in [4.69, 9.17) is 4.74 Å². The van der Waals surface area contributed by atoms with Crippen molar-refractivity contribution >= 4 is 18.0 Å². The molecule has 0 N–H and O–H groups in total. The Hall–Kier alpha value is -3.08. The Labute approximate surface area is 185 Å². The summed E-state index contributed by atoms with van der Waals surface area (Å²) in [6.45, 7) is 14.8. The molecule has 0 fully saturated rings. The fraction of sp³-hybridized carbons (Fsp3) is 0.385. The Bertz CT molecular complexity index is 1120. The normalized spacial score (nSPS) is 15.6. The maximum Gasteiger partial charge on any atom is 0.340 e. The highest BCUT2D eigenvalue weighted by atomic mass is 16.5. The lowest BCUT2D eigenvalue weighted by Gasteiger charge is -2.19. The number of nitrogens with zero attached hydrogens (tertiary/aromatic N) is 2. The lowest BCUT2D eigenvalue weighted by molar-refractivity contribution is -0.136. The number of benzene rings is 1. The first-order valence-corrected chi connectivity index (χ1v) is 10.7. The monoisotopic (exact) mass is 420 g/mol. The molecule has 1 aliphatic rings. The number of amides is 1. The lowest BCUT2D eigenvalue weighted by Crippen LogP contribution is -2.28. The number of ether oxygens (including phenoxy) is 1. The number of aryl methyl sites for hydroxylation is 3. The predicted molar refractivity (Wildman–Crippen MR) is 124 cm³/mol. The fourth-order valence-corrected chi connectivity index (χ4v) is 4.23. The molecule has 1 aliphatic heterocycles. The highest BCUT2D eigenvalue weighted by Crippen LogP contribution is 2.34. The summed E-state index contributed by atoms with van der Waals surface area (Å²) in [5, 5.41) is 0. The fourth-order valence-electron chi connectivity index (χ4n) is 4.23. The SMILES string of the molecule is COC(=O)C1=C(C)N(CC(C)C)C(=O)/C1=C\c1cc(C)n(-c2cc(C)ccc2C)c1C. The van der Waals surface area contributed by atoms with Crippen molar-refractivity contribution in [3.8, 4) is 5.69 Å². The van der Waals surface area contributed by atoms with Crippen LogP contribution in [0.15, 0.2) is 41.1 Å². The molecular formula is C26H32N2O3. The van der Waals surface area contributed by atoms with E-state index in [2.05, 4.69) is 63.5 Å². The van der Waals surface area contributed by atoms with Crippen LogP contribution in [0.3, 0.4) is 0 Å². The molecule has 0 bridgehead atoms. The Morgan fingerprint density at radius 2 is 1.77 bits per heavy atom. The maximum absolute atomic E-state index is 13.3. The minimum absolute atomic E-state index is 0.150. The van der Waals surface area contributed by atoms with E-state index in [0.717, 1.165) is 22.6 Å². The van der Waals surface area contributed by atoms with Crippen LogP contribution < -0.4 is 0 Å². The van der Waals surface area contributed by atoms with Crippen molar-refractivity contribution in [2.24, 2.45) is 5.92 Å². The molecule has 0 saturated heterocycles. The van der Waals surface area contributed by atoms with Crippen molar-refractivity contribution in [1.29, 1.82) is 0 Å². The molecule has 0 aliphatic carbocycles. The second-order valence-corrected chi connectivity index (χ2v) is 8.77. The Balaban J connectivity index is 2.15. The number of allylic oxidation sites excluding steroid dienone is 1. The zero-order chi connectivity index (χ0) is 23.0. The topological polar surface area (TPSA) is 51.5 Å². The standard InChI is InChI=1S/C26H32N2O3/c1-15(2)14-27-20(7)24(26(30)31-8)22(25(27)29)13-21-12-18(5)28(19(21)6)23-11-16(3)9-10-17(23)4/h9-13,15H,14H2,1-8H3/b22-13-. The van der Waals surface area contributed by atoms with Gasteiger partial charge in [-0.1, -0.05) is 26.0 Å². The van der Waals surface area contributed by atoms with Gasteiger partial charge in [-0.2, -0.15) is 0 Å². The van der Waals surface area contributed by atoms with Gasteiger partial charge in [-0.05, 0) is 75.4 Å². The van der Waals surface area contributed by atoms with E-state index in [1.807, 2.05) is 19.9 Å². The van der Waals surface area contributed by atoms with Crippen molar-refractivity contribution in [1.82, 2.24) is 9.47 Å². The van der Waals surface area contributed by atoms with E-state index < -0.39 is 5.97 Å². The molecule has 0 unspecified atom stereocenters. The van der Waals surface area contributed by atoms with Crippen molar-refractivity contribution in [3.63, 3.8) is 0 Å². The van der Waals surface area contributed by atoms with Crippen LogP contribution in [0.5, 0.6) is 0 Å². The third kappa shape index (κ3) is 4.09. The number of aromatic nitrogens is 1. The van der Waals surface area contributed by atoms with Gasteiger partial charge in [0.1, 0.15) is 0 Å². The van der Waals surface area contributed by atoms with Crippen LogP contribution in [0.2, 0.25) is 0 Å². The van der Waals surface area contributed by atoms with E-state index in [1.165, 1.54) is 18.2 Å². The Morgan fingerprint density at radius 1 is 1.10 bits per heavy atom. The van der Waals surface area contributed by atoms with Crippen LogP contribution in [-0.2, 0) is 14.3 Å². The molecule has 1 aromatic heterocycles. The van der Waals surface area contributed by atoms with E-state index >= 15 is 0 Å². The van der Waals surface area contributed by atoms with Gasteiger partial charge in [-0.25, -0.2) is 4.79 Å². The van der Waals surface area contributed by atoms with E-state index in [0.29, 0.717) is 23.4 Å². The van der Waals surface area contributed by atoms with Crippen molar-refractivity contribution in [3.05, 3.63) is 69.2 Å². The number of esters is 1. The molecule has 2 aromatic rings. The minimum Gasteiger partial charge on any atom is -0.465 e. The average Bonchev–Trinajstić information content (AvgIpc) is 3.10. The van der Waals surface area contributed by atoms with E-state index in [9.17, 15) is 9.59 Å². The predicted octanol–water partition coefficient (Wildman–Crippen LogP) is 5.04. The molecule has 0 atom stereocenters. The number of rotatable bonds is 5. The molecule has 1 amide bonds. The summed E-state index contributed by atoms with van der Waals surface area (Å²) in [7, 11) is 1.35. The molecule has 0 saturated carbocycles. The van der Waals surface area contributed by atoms with Crippen LogP contribution in [-0.4, -0.2) is 35.0 Å². The summed E-state index contributed by atoms with van der Waals surface area (Å²) in [4.78, 5) is 27.5. The van der Waals surface area contributed by atoms with Gasteiger partial charge in [0.15, 0.2) is 0 Å². The molecule has 3 rings (SSSR count). The van der Waals surface area contributed by atoms with Crippen LogP contribution in [0.4, 0.5) is 0 Å². The minimum atomic E-state index is -0.480. The number of hydrogen-bond donors (Lipinski definition) is 0. The zero-order valence-corrected chi connectivity index (χ0v) is 19.8. The van der Waals surface area contributed by atoms with E-state index in [1.54, 1.807) is 4.90 Å². The molecular weight excluding hydrogens is 388 g/mol. The van der Waals surface area contributed by atoms with Crippen LogP contribution >= 0.6 is 0 Å². The lowest BCUT2D eigenvalue weighted by atomic mass is 10.0. The first-order valence-electron chi connectivity index (χ1n) is 10.7. The number of hydrogen-bond acceptors (Lipinski definition) is 3. The number of methoxy groups -OCH3 is 1. The zero-order valence-electron chi connectivity index (χ0n) is 19.8. The first-order chi connectivity index (χ1) is 14.6. The second kappa shape index (κ2) is 8.58. The highest BCUT2D eigenvalue weighted by molar-refractivity contribution is 6.16. The Morgan fingerprint density at radius 3 is 2.39 bits per heavy atom. The summed E-state index contributed by atoms with van der Waals surface area (Å²) in [5.74, 6) is -0.346. The Kier molecular flexibility index (Phi) is 6.25. The van der Waals surface area contributed by atoms with Gasteiger partial charge in [0.05, 0.1) is 18.3 Å². The third-order valence-corrected chi connectivity index (χ3v) is 5.82. The van der Waals surface area contributed by atoms with Crippen LogP contribution in [0.1, 0.15) is 48.8 Å². The van der Waals surface area contributed by atoms with Gasteiger partial charge in [-0.15, -0.1) is 0 Å². The molecule has 0 spiro atoms. The van der Waals surface area contributed by atoms with Crippen LogP contribution in [0.25, 0.3) is 11.8 Å². The van der Waals surface area contributed by atoms with Crippen LogP contribution in [0, 0.1) is 33.6 Å². The van der Waals surface area contributed by atoms with Gasteiger partial charge < -0.3 is 14.2 Å². The highest BCUT2D eigenvalue weighted by Gasteiger charge is 2.37. The third-order valence-electron chi connectivity index (χ3n) is 5.82. The van der Waals surface area contributed by atoms with Gasteiger partial charge in [0.25, 0.3) is 5.91 Å². The molecule has 0 radical (unpaired) electrons.